The van der Waals surface area contributed by atoms with Crippen LogP contribution in [0.5, 0.6) is 0 Å². The highest BCUT2D eigenvalue weighted by Gasteiger charge is 2.11. The van der Waals surface area contributed by atoms with Gasteiger partial charge in [-0.25, -0.2) is 0 Å². The van der Waals surface area contributed by atoms with E-state index in [0.29, 0.717) is 0 Å². The minimum absolute atomic E-state index is 0.0420. The van der Waals surface area contributed by atoms with E-state index >= 15 is 0 Å². The minimum Gasteiger partial charge on any atom is -0.284 e. The number of nitrogens with one attached hydrogen (secondary N) is 2. The normalized spacial score (nSPS) is 10.2. The minimum atomic E-state index is -2.31. The van der Waals surface area contributed by atoms with Gasteiger partial charge in [-0.2, -0.15) is 8.42 Å². The summed E-state index contributed by atoms with van der Waals surface area (Å²) in [6, 6.07) is 8.35. The van der Waals surface area contributed by atoms with Crippen molar-refractivity contribution in [1.29, 1.82) is 0 Å². The van der Waals surface area contributed by atoms with Gasteiger partial charge in [-0.1, -0.05) is 11.6 Å². The first-order valence-electron chi connectivity index (χ1n) is 4.57. The average Bonchev–Trinajstić information content (AvgIpc) is 2.88. The van der Waals surface area contributed by atoms with Crippen molar-refractivity contribution in [3.05, 3.63) is 50.3 Å². The second-order valence-corrected chi connectivity index (χ2v) is 4.62. The fourth-order valence-corrected chi connectivity index (χ4v) is 1.72. The molecule has 2 N–H and O–H groups in total. The molecule has 0 saturated carbocycles. The monoisotopic (exact) mass is 270 g/mol. The SMILES string of the molecule is Clc1cc2cc-2c1.O=c1ccc(=S(=O)=O)[nH][nH]1. The molecule has 1 aromatic rings. The van der Waals surface area contributed by atoms with E-state index in [1.54, 1.807) is 0 Å². The summed E-state index contributed by atoms with van der Waals surface area (Å²) in [5.74, 6) is 0. The molecule has 0 spiro atoms. The topological polar surface area (TPSA) is 82.8 Å². The molecule has 0 saturated heterocycles. The van der Waals surface area contributed by atoms with Gasteiger partial charge in [0.15, 0.2) is 4.64 Å². The first-order chi connectivity index (χ1) is 8.06. The summed E-state index contributed by atoms with van der Waals surface area (Å²) in [5, 5.41) is 5.16. The Morgan fingerprint density at radius 2 is 1.65 bits per heavy atom. The van der Waals surface area contributed by atoms with Gasteiger partial charge in [0.05, 0.1) is 0 Å². The van der Waals surface area contributed by atoms with Crippen molar-refractivity contribution < 1.29 is 8.42 Å². The summed E-state index contributed by atoms with van der Waals surface area (Å²) in [6.45, 7) is 0. The van der Waals surface area contributed by atoms with Gasteiger partial charge in [-0.05, 0) is 35.4 Å². The predicted molar refractivity (Wildman–Crippen MR) is 64.0 cm³/mol. The highest BCUT2D eigenvalue weighted by molar-refractivity contribution is 7.63. The van der Waals surface area contributed by atoms with E-state index in [9.17, 15) is 13.2 Å². The zero-order valence-electron chi connectivity index (χ0n) is 8.40. The Morgan fingerprint density at radius 1 is 1.00 bits per heavy atom. The predicted octanol–water partition coefficient (Wildman–Crippen LogP) is 1.43. The summed E-state index contributed by atoms with van der Waals surface area (Å²) in [7, 11) is -2.31. The van der Waals surface area contributed by atoms with Crippen molar-refractivity contribution in [3.63, 3.8) is 0 Å². The molecule has 2 aliphatic rings. The molecule has 88 valence electrons. The van der Waals surface area contributed by atoms with E-state index in [0.717, 1.165) is 11.1 Å². The van der Waals surface area contributed by atoms with Crippen LogP contribution in [-0.2, 0) is 10.3 Å². The maximum absolute atomic E-state index is 10.4. The number of H-pyrrole nitrogens is 2. The third-order valence-corrected chi connectivity index (χ3v) is 2.84. The second kappa shape index (κ2) is 4.60. The van der Waals surface area contributed by atoms with Crippen LogP contribution in [0.25, 0.3) is 11.1 Å². The average molecular weight is 271 g/mol. The molecule has 0 fully saturated rings. The van der Waals surface area contributed by atoms with Crippen LogP contribution < -0.4 is 5.56 Å². The van der Waals surface area contributed by atoms with Gasteiger partial charge in [-0.3, -0.25) is 15.0 Å². The lowest BCUT2D eigenvalue weighted by atomic mass is 10.6. The molecule has 3 rings (SSSR count). The Labute approximate surface area is 102 Å². The summed E-state index contributed by atoms with van der Waals surface area (Å²) in [4.78, 5) is 10.4. The number of benzene rings is 1. The van der Waals surface area contributed by atoms with E-state index in [2.05, 4.69) is 16.3 Å². The quantitative estimate of drug-likeness (QED) is 0.606. The Morgan fingerprint density at radius 3 is 2.00 bits per heavy atom. The van der Waals surface area contributed by atoms with Gasteiger partial charge >= 0.3 is 0 Å². The number of aromatic nitrogens is 2. The van der Waals surface area contributed by atoms with E-state index in [1.807, 2.05) is 12.1 Å². The lowest BCUT2D eigenvalue weighted by Crippen LogP contribution is -2.04. The van der Waals surface area contributed by atoms with Gasteiger partial charge in [-0.15, -0.1) is 0 Å². The third kappa shape index (κ3) is 3.08. The number of hydrogen-bond acceptors (Lipinski definition) is 3. The fraction of sp³-hybridized carbons (Fsp3) is 0. The number of rotatable bonds is 0. The maximum atomic E-state index is 10.4. The van der Waals surface area contributed by atoms with Gasteiger partial charge in [0.1, 0.15) is 0 Å². The van der Waals surface area contributed by atoms with Gasteiger partial charge in [0.25, 0.3) is 5.56 Å². The third-order valence-electron chi connectivity index (χ3n) is 2.02. The van der Waals surface area contributed by atoms with Crippen molar-refractivity contribution in [1.82, 2.24) is 10.2 Å². The number of fused-ring (bicyclic) bond motifs is 1. The van der Waals surface area contributed by atoms with Crippen LogP contribution in [0.3, 0.4) is 0 Å². The van der Waals surface area contributed by atoms with Crippen LogP contribution in [0, 0.1) is 4.64 Å². The second-order valence-electron chi connectivity index (χ2n) is 3.28. The summed E-state index contributed by atoms with van der Waals surface area (Å²) < 4.78 is 20.3. The molecule has 0 bridgehead atoms. The van der Waals surface area contributed by atoms with Gasteiger partial charge in [0.2, 0.25) is 10.3 Å². The first kappa shape index (κ1) is 11.7. The molecule has 0 unspecified atom stereocenters. The van der Waals surface area contributed by atoms with Crippen molar-refractivity contribution in [2.45, 2.75) is 0 Å². The maximum Gasteiger partial charge on any atom is 0.262 e. The first-order valence-corrected chi connectivity index (χ1v) is 6.03. The van der Waals surface area contributed by atoms with E-state index in [1.165, 1.54) is 17.2 Å². The van der Waals surface area contributed by atoms with E-state index in [4.69, 9.17) is 11.6 Å². The van der Waals surface area contributed by atoms with Crippen LogP contribution in [0.2, 0.25) is 5.02 Å². The van der Waals surface area contributed by atoms with Crippen molar-refractivity contribution in [2.24, 2.45) is 0 Å². The zero-order valence-corrected chi connectivity index (χ0v) is 9.97. The molecular weight excluding hydrogens is 264 g/mol. The van der Waals surface area contributed by atoms with E-state index < -0.39 is 10.3 Å². The number of hydrogen-bond donors (Lipinski definition) is 2. The summed E-state index contributed by atoms with van der Waals surface area (Å²) >= 11 is 5.58. The molecule has 0 aromatic carbocycles. The lowest BCUT2D eigenvalue weighted by Gasteiger charge is -1.78. The van der Waals surface area contributed by atoms with Gasteiger partial charge < -0.3 is 0 Å². The van der Waals surface area contributed by atoms with Crippen LogP contribution >= 0.6 is 11.6 Å². The number of aromatic amines is 2. The molecule has 17 heavy (non-hydrogen) atoms. The molecular formula is C10H7ClN2O3S. The molecule has 0 radical (unpaired) electrons. The standard InChI is InChI=1S/C6H3Cl.C4H4N2O3S/c7-6-2-4-1-5(4)3-6;7-3-1-2-4(6-5-3)10(8)9/h1-3H;1-2,6H,(H,5,7). The summed E-state index contributed by atoms with van der Waals surface area (Å²) in [6.07, 6.45) is 0. The van der Waals surface area contributed by atoms with Crippen molar-refractivity contribution in [2.75, 3.05) is 0 Å². The summed E-state index contributed by atoms with van der Waals surface area (Å²) in [5.41, 5.74) is 2.25. The molecule has 0 atom stereocenters. The Balaban J connectivity index is 0.000000134. The smallest absolute Gasteiger partial charge is 0.262 e. The van der Waals surface area contributed by atoms with Crippen LogP contribution in [0.15, 0.2) is 35.1 Å². The molecule has 1 heterocycles. The molecule has 7 heteroatoms. The van der Waals surface area contributed by atoms with Crippen LogP contribution in [-0.4, -0.2) is 18.6 Å². The van der Waals surface area contributed by atoms with Gasteiger partial charge in [0, 0.05) is 11.1 Å². The molecule has 1 aromatic heterocycles. The Hall–Kier alpha value is -1.79. The number of halogens is 1. The molecule has 2 aliphatic carbocycles. The molecule has 0 amide bonds. The van der Waals surface area contributed by atoms with Crippen molar-refractivity contribution >= 4 is 21.9 Å². The highest BCUT2D eigenvalue weighted by Crippen LogP contribution is 2.37. The largest absolute Gasteiger partial charge is 0.284 e. The van der Waals surface area contributed by atoms with Crippen LogP contribution in [0.4, 0.5) is 0 Å². The highest BCUT2D eigenvalue weighted by atomic mass is 35.5. The van der Waals surface area contributed by atoms with Crippen LogP contribution in [0.1, 0.15) is 0 Å². The molecule has 5 nitrogen and oxygen atoms in total. The Kier molecular flexibility index (Phi) is 3.16. The zero-order chi connectivity index (χ0) is 12.4. The lowest BCUT2D eigenvalue weighted by molar-refractivity contribution is 0.623. The van der Waals surface area contributed by atoms with Crippen molar-refractivity contribution in [3.8, 4) is 11.1 Å². The Bertz CT molecular complexity index is 738. The fourth-order valence-electron chi connectivity index (χ4n) is 1.18. The molecule has 0 aliphatic heterocycles. The van der Waals surface area contributed by atoms with E-state index in [-0.39, 0.29) is 10.2 Å².